The molecule has 1 N–H and O–H groups in total. The topological polar surface area (TPSA) is 142 Å². The van der Waals surface area contributed by atoms with E-state index in [-0.39, 0.29) is 22.5 Å². The molecule has 0 heterocycles. The van der Waals surface area contributed by atoms with E-state index in [1.807, 2.05) is 0 Å². The van der Waals surface area contributed by atoms with Gasteiger partial charge in [0.15, 0.2) is 6.10 Å². The Balaban J connectivity index is 2.01. The van der Waals surface area contributed by atoms with E-state index in [0.717, 1.165) is 0 Å². The zero-order valence-corrected chi connectivity index (χ0v) is 14.4. The van der Waals surface area contributed by atoms with Crippen molar-refractivity contribution in [1.29, 1.82) is 0 Å². The number of hydrogen-bond donors (Lipinski definition) is 1. The van der Waals surface area contributed by atoms with Crippen molar-refractivity contribution in [3.63, 3.8) is 0 Å². The number of benzene rings is 2. The average Bonchev–Trinajstić information content (AvgIpc) is 2.61. The van der Waals surface area contributed by atoms with Crippen LogP contribution in [-0.2, 0) is 9.53 Å². The van der Waals surface area contributed by atoms with E-state index < -0.39 is 27.8 Å². The third-order valence-electron chi connectivity index (χ3n) is 3.63. The highest BCUT2D eigenvalue weighted by Gasteiger charge is 2.21. The number of ether oxygens (including phenoxy) is 1. The molecule has 0 radical (unpaired) electrons. The van der Waals surface area contributed by atoms with E-state index >= 15 is 0 Å². The third-order valence-corrected chi connectivity index (χ3v) is 3.63. The van der Waals surface area contributed by atoms with Crippen molar-refractivity contribution >= 4 is 28.9 Å². The number of nitro benzene ring substituents is 2. The lowest BCUT2D eigenvalue weighted by Crippen LogP contribution is -2.30. The van der Waals surface area contributed by atoms with Gasteiger partial charge in [0.1, 0.15) is 0 Å². The summed E-state index contributed by atoms with van der Waals surface area (Å²) in [6, 6.07) is 8.90. The number of aryl methyl sites for hydroxylation is 1. The molecule has 27 heavy (non-hydrogen) atoms. The van der Waals surface area contributed by atoms with Gasteiger partial charge in [-0.2, -0.15) is 0 Å². The lowest BCUT2D eigenvalue weighted by Gasteiger charge is -2.13. The molecular formula is C17H15N3O7. The van der Waals surface area contributed by atoms with Crippen LogP contribution in [0.5, 0.6) is 0 Å². The number of anilines is 1. The Bertz CT molecular complexity index is 909. The Morgan fingerprint density at radius 3 is 2.19 bits per heavy atom. The molecule has 2 aromatic carbocycles. The van der Waals surface area contributed by atoms with E-state index in [1.54, 1.807) is 0 Å². The molecule has 0 aromatic heterocycles. The van der Waals surface area contributed by atoms with Crippen LogP contribution in [0.2, 0.25) is 0 Å². The number of rotatable bonds is 6. The highest BCUT2D eigenvalue weighted by atomic mass is 16.6. The molecule has 0 aliphatic heterocycles. The van der Waals surface area contributed by atoms with Crippen LogP contribution in [0.3, 0.4) is 0 Å². The Hall–Kier alpha value is -3.82. The van der Waals surface area contributed by atoms with E-state index in [1.165, 1.54) is 56.3 Å². The molecule has 0 spiro atoms. The monoisotopic (exact) mass is 373 g/mol. The Morgan fingerprint density at radius 2 is 1.67 bits per heavy atom. The molecule has 140 valence electrons. The van der Waals surface area contributed by atoms with Crippen LogP contribution in [0.1, 0.15) is 22.8 Å². The third kappa shape index (κ3) is 4.84. The number of esters is 1. The van der Waals surface area contributed by atoms with Crippen molar-refractivity contribution in [3.05, 3.63) is 73.8 Å². The second-order valence-corrected chi connectivity index (χ2v) is 5.60. The largest absolute Gasteiger partial charge is 0.449 e. The second kappa shape index (κ2) is 8.04. The zero-order chi connectivity index (χ0) is 20.1. The van der Waals surface area contributed by atoms with Gasteiger partial charge < -0.3 is 10.1 Å². The van der Waals surface area contributed by atoms with Gasteiger partial charge in [0.25, 0.3) is 17.3 Å². The molecule has 10 nitrogen and oxygen atoms in total. The van der Waals surface area contributed by atoms with Crippen molar-refractivity contribution in [2.45, 2.75) is 20.0 Å². The summed E-state index contributed by atoms with van der Waals surface area (Å²) in [4.78, 5) is 44.5. The van der Waals surface area contributed by atoms with Crippen LogP contribution >= 0.6 is 0 Å². The number of nitro groups is 2. The number of amides is 1. The number of nitrogens with one attached hydrogen (secondary N) is 1. The number of non-ortho nitro benzene ring substituents is 1. The average molecular weight is 373 g/mol. The number of carbonyl (C=O) groups is 2. The van der Waals surface area contributed by atoms with E-state index in [0.29, 0.717) is 5.69 Å². The van der Waals surface area contributed by atoms with Gasteiger partial charge in [-0.25, -0.2) is 4.79 Å². The summed E-state index contributed by atoms with van der Waals surface area (Å²) in [5.41, 5.74) is 0.418. The van der Waals surface area contributed by atoms with Crippen molar-refractivity contribution in [2.75, 3.05) is 5.32 Å². The van der Waals surface area contributed by atoms with E-state index in [9.17, 15) is 29.8 Å². The van der Waals surface area contributed by atoms with Crippen LogP contribution in [0, 0.1) is 27.2 Å². The van der Waals surface area contributed by atoms with Crippen molar-refractivity contribution in [3.8, 4) is 0 Å². The van der Waals surface area contributed by atoms with Gasteiger partial charge in [0.2, 0.25) is 0 Å². The van der Waals surface area contributed by atoms with Crippen LogP contribution in [0.15, 0.2) is 42.5 Å². The quantitative estimate of drug-likeness (QED) is 0.466. The molecule has 10 heteroatoms. The minimum absolute atomic E-state index is 0.0769. The maximum atomic E-state index is 12.1. The van der Waals surface area contributed by atoms with Gasteiger partial charge in [-0.1, -0.05) is 0 Å². The first-order chi connectivity index (χ1) is 12.7. The van der Waals surface area contributed by atoms with Crippen molar-refractivity contribution in [2.24, 2.45) is 0 Å². The minimum atomic E-state index is -1.15. The van der Waals surface area contributed by atoms with Crippen LogP contribution < -0.4 is 5.32 Å². The van der Waals surface area contributed by atoms with Crippen molar-refractivity contribution in [1.82, 2.24) is 0 Å². The summed E-state index contributed by atoms with van der Waals surface area (Å²) < 4.78 is 5.06. The Labute approximate surface area is 153 Å². The molecule has 1 atom stereocenters. The predicted molar refractivity (Wildman–Crippen MR) is 94.4 cm³/mol. The number of carbonyl (C=O) groups excluding carboxylic acids is 2. The van der Waals surface area contributed by atoms with E-state index in [2.05, 4.69) is 5.32 Å². The number of nitrogens with zero attached hydrogens (tertiary/aromatic N) is 2. The Morgan fingerprint density at radius 1 is 1.04 bits per heavy atom. The first-order valence-electron chi connectivity index (χ1n) is 7.70. The van der Waals surface area contributed by atoms with Gasteiger partial charge in [0, 0.05) is 29.4 Å². The molecule has 0 fully saturated rings. The summed E-state index contributed by atoms with van der Waals surface area (Å²) >= 11 is 0. The Kier molecular flexibility index (Phi) is 5.81. The number of hydrogen-bond acceptors (Lipinski definition) is 7. The highest BCUT2D eigenvalue weighted by molar-refractivity contribution is 5.97. The van der Waals surface area contributed by atoms with Gasteiger partial charge >= 0.3 is 5.97 Å². The van der Waals surface area contributed by atoms with Crippen LogP contribution in [0.4, 0.5) is 17.1 Å². The molecule has 0 bridgehead atoms. The molecule has 0 saturated carbocycles. The summed E-state index contributed by atoms with van der Waals surface area (Å²) in [6.07, 6.45) is -1.15. The molecule has 1 unspecified atom stereocenters. The standard InChI is InChI=1S/C17H15N3O7/c1-10-9-12(3-8-15(10)20(25)26)17(22)27-11(2)16(21)18-13-4-6-14(7-5-13)19(23)24/h3-9,11H,1-2H3,(H,18,21). The minimum Gasteiger partial charge on any atom is -0.449 e. The summed E-state index contributed by atoms with van der Waals surface area (Å²) in [7, 11) is 0. The predicted octanol–water partition coefficient (Wildman–Crippen LogP) is 3.00. The molecule has 2 rings (SSSR count). The molecule has 0 aliphatic carbocycles. The van der Waals surface area contributed by atoms with Gasteiger partial charge in [-0.15, -0.1) is 0 Å². The molecule has 1 amide bonds. The molecular weight excluding hydrogens is 358 g/mol. The molecule has 0 aliphatic rings. The lowest BCUT2D eigenvalue weighted by molar-refractivity contribution is -0.385. The second-order valence-electron chi connectivity index (χ2n) is 5.60. The maximum absolute atomic E-state index is 12.1. The summed E-state index contributed by atoms with van der Waals surface area (Å²) in [5, 5.41) is 23.9. The lowest BCUT2D eigenvalue weighted by atomic mass is 10.1. The van der Waals surface area contributed by atoms with Gasteiger partial charge in [-0.05, 0) is 38.1 Å². The summed E-state index contributed by atoms with van der Waals surface area (Å²) in [5.74, 6) is -1.44. The first-order valence-corrected chi connectivity index (χ1v) is 7.70. The van der Waals surface area contributed by atoms with Gasteiger partial charge in [-0.3, -0.25) is 25.0 Å². The fraction of sp³-hybridized carbons (Fsp3) is 0.176. The van der Waals surface area contributed by atoms with Crippen LogP contribution in [0.25, 0.3) is 0 Å². The summed E-state index contributed by atoms with van der Waals surface area (Å²) in [6.45, 7) is 2.84. The fourth-order valence-electron chi connectivity index (χ4n) is 2.18. The maximum Gasteiger partial charge on any atom is 0.338 e. The van der Waals surface area contributed by atoms with Crippen LogP contribution in [-0.4, -0.2) is 27.8 Å². The van der Waals surface area contributed by atoms with Crippen molar-refractivity contribution < 1.29 is 24.2 Å². The van der Waals surface area contributed by atoms with E-state index in [4.69, 9.17) is 4.74 Å². The van der Waals surface area contributed by atoms with Gasteiger partial charge in [0.05, 0.1) is 15.4 Å². The highest BCUT2D eigenvalue weighted by Crippen LogP contribution is 2.20. The molecule has 2 aromatic rings. The normalized spacial score (nSPS) is 11.3. The SMILES string of the molecule is Cc1cc(C(=O)OC(C)C(=O)Nc2ccc([N+](=O)[O-])cc2)ccc1[N+](=O)[O-]. The zero-order valence-electron chi connectivity index (χ0n) is 14.4. The fourth-order valence-corrected chi connectivity index (χ4v) is 2.18. The molecule has 0 saturated heterocycles. The smallest absolute Gasteiger partial charge is 0.338 e. The first kappa shape index (κ1) is 19.5.